The molecule has 0 aliphatic heterocycles. The van der Waals surface area contributed by atoms with E-state index in [-0.39, 0.29) is 5.56 Å². The number of para-hydroxylation sites is 2. The van der Waals surface area contributed by atoms with Gasteiger partial charge in [-0.3, -0.25) is 9.36 Å². The Bertz CT molecular complexity index is 1450. The number of thioether (sulfide) groups is 1. The van der Waals surface area contributed by atoms with Crippen LogP contribution in [0, 0.1) is 0 Å². The third-order valence-corrected chi connectivity index (χ3v) is 5.92. The highest BCUT2D eigenvalue weighted by molar-refractivity contribution is 7.98. The molecule has 2 heterocycles. The number of ether oxygens (including phenoxy) is 1. The van der Waals surface area contributed by atoms with Crippen molar-refractivity contribution in [2.75, 3.05) is 7.11 Å². The van der Waals surface area contributed by atoms with Crippen molar-refractivity contribution in [2.45, 2.75) is 10.9 Å². The molecule has 0 bridgehead atoms. The number of rotatable bonds is 6. The first-order valence-electron chi connectivity index (χ1n) is 9.99. The lowest BCUT2D eigenvalue weighted by atomic mass is 10.2. The number of aromatic nitrogens is 5. The normalized spacial score (nSPS) is 11.0. The Morgan fingerprint density at radius 3 is 2.62 bits per heavy atom. The maximum Gasteiger partial charge on any atom is 0.258 e. The standard InChI is InChI=1S/C24H19N5O2S/c1-31-18-11-7-8-16(14-18)22-27-28-24(29(22)17-9-3-2-4-10-17)32-15-21-25-20-13-6-5-12-19(20)23(30)26-21/h2-14H,15H2,1H3,(H,25,26,30). The van der Waals surface area contributed by atoms with Gasteiger partial charge in [0.05, 0.1) is 23.8 Å². The van der Waals surface area contributed by atoms with Crippen LogP contribution in [-0.2, 0) is 5.75 Å². The van der Waals surface area contributed by atoms with E-state index in [4.69, 9.17) is 4.74 Å². The minimum atomic E-state index is -0.146. The van der Waals surface area contributed by atoms with Crippen LogP contribution in [0.5, 0.6) is 5.75 Å². The van der Waals surface area contributed by atoms with Crippen LogP contribution in [0.15, 0.2) is 88.8 Å². The van der Waals surface area contributed by atoms with E-state index in [1.54, 1.807) is 13.2 Å². The zero-order chi connectivity index (χ0) is 21.9. The Morgan fingerprint density at radius 2 is 1.78 bits per heavy atom. The van der Waals surface area contributed by atoms with Crippen molar-refractivity contribution < 1.29 is 4.74 Å². The van der Waals surface area contributed by atoms with Crippen LogP contribution in [0.3, 0.4) is 0 Å². The number of methoxy groups -OCH3 is 1. The molecule has 2 aromatic heterocycles. The predicted octanol–water partition coefficient (Wildman–Crippen LogP) is 4.47. The van der Waals surface area contributed by atoms with E-state index >= 15 is 0 Å². The molecule has 1 N–H and O–H groups in total. The summed E-state index contributed by atoms with van der Waals surface area (Å²) in [6.07, 6.45) is 0. The van der Waals surface area contributed by atoms with E-state index in [9.17, 15) is 4.79 Å². The van der Waals surface area contributed by atoms with Gasteiger partial charge in [-0.25, -0.2) is 4.98 Å². The van der Waals surface area contributed by atoms with Gasteiger partial charge in [-0.2, -0.15) is 0 Å². The summed E-state index contributed by atoms with van der Waals surface area (Å²) in [6, 6.07) is 25.0. The summed E-state index contributed by atoms with van der Waals surface area (Å²) < 4.78 is 7.37. The highest BCUT2D eigenvalue weighted by Crippen LogP contribution is 2.30. The second-order valence-electron chi connectivity index (χ2n) is 7.03. The lowest BCUT2D eigenvalue weighted by molar-refractivity contribution is 0.415. The van der Waals surface area contributed by atoms with Gasteiger partial charge in [0.1, 0.15) is 11.6 Å². The monoisotopic (exact) mass is 441 g/mol. The van der Waals surface area contributed by atoms with Crippen LogP contribution in [0.4, 0.5) is 0 Å². The molecule has 5 aromatic rings. The molecule has 0 unspecified atom stereocenters. The third kappa shape index (κ3) is 3.88. The molecule has 32 heavy (non-hydrogen) atoms. The van der Waals surface area contributed by atoms with Crippen molar-refractivity contribution in [2.24, 2.45) is 0 Å². The molecular formula is C24H19N5O2S. The number of aromatic amines is 1. The fourth-order valence-electron chi connectivity index (χ4n) is 3.46. The van der Waals surface area contributed by atoms with E-state index in [0.717, 1.165) is 17.0 Å². The zero-order valence-electron chi connectivity index (χ0n) is 17.2. The van der Waals surface area contributed by atoms with Crippen LogP contribution >= 0.6 is 11.8 Å². The molecule has 0 aliphatic rings. The molecule has 0 aliphatic carbocycles. The van der Waals surface area contributed by atoms with Crippen LogP contribution in [0.25, 0.3) is 28.0 Å². The number of nitrogens with one attached hydrogen (secondary N) is 1. The molecule has 0 amide bonds. The van der Waals surface area contributed by atoms with E-state index < -0.39 is 0 Å². The number of hydrogen-bond acceptors (Lipinski definition) is 6. The summed E-state index contributed by atoms with van der Waals surface area (Å²) in [6.45, 7) is 0. The molecule has 7 nitrogen and oxygen atoms in total. The average molecular weight is 442 g/mol. The summed E-state index contributed by atoms with van der Waals surface area (Å²) in [5.41, 5.74) is 2.36. The Labute approximate surface area is 188 Å². The second-order valence-corrected chi connectivity index (χ2v) is 7.97. The van der Waals surface area contributed by atoms with Crippen molar-refractivity contribution in [3.8, 4) is 22.8 Å². The molecular weight excluding hydrogens is 422 g/mol. The molecule has 0 saturated carbocycles. The van der Waals surface area contributed by atoms with Gasteiger partial charge in [-0.1, -0.05) is 54.2 Å². The summed E-state index contributed by atoms with van der Waals surface area (Å²) in [5, 5.41) is 10.2. The lowest BCUT2D eigenvalue weighted by Gasteiger charge is -2.11. The van der Waals surface area contributed by atoms with Crippen LogP contribution in [0.2, 0.25) is 0 Å². The minimum absolute atomic E-state index is 0.146. The zero-order valence-corrected chi connectivity index (χ0v) is 18.0. The van der Waals surface area contributed by atoms with Crippen molar-refractivity contribution in [1.29, 1.82) is 0 Å². The van der Waals surface area contributed by atoms with Crippen molar-refractivity contribution in [1.82, 2.24) is 24.7 Å². The van der Waals surface area contributed by atoms with E-state index in [2.05, 4.69) is 20.2 Å². The number of benzene rings is 3. The molecule has 0 radical (unpaired) electrons. The number of hydrogen-bond donors (Lipinski definition) is 1. The predicted molar refractivity (Wildman–Crippen MR) is 125 cm³/mol. The van der Waals surface area contributed by atoms with Gasteiger partial charge in [0, 0.05) is 11.3 Å². The molecule has 0 saturated heterocycles. The number of H-pyrrole nitrogens is 1. The summed E-state index contributed by atoms with van der Waals surface area (Å²) >= 11 is 1.46. The van der Waals surface area contributed by atoms with E-state index in [1.807, 2.05) is 77.4 Å². The molecule has 0 fully saturated rings. The average Bonchev–Trinajstić information content (AvgIpc) is 3.27. The smallest absolute Gasteiger partial charge is 0.258 e. The topological polar surface area (TPSA) is 85.7 Å². The van der Waals surface area contributed by atoms with Gasteiger partial charge < -0.3 is 9.72 Å². The van der Waals surface area contributed by atoms with Gasteiger partial charge in [0.2, 0.25) is 0 Å². The molecule has 5 rings (SSSR count). The summed E-state index contributed by atoms with van der Waals surface area (Å²) in [7, 11) is 1.64. The Kier molecular flexibility index (Phi) is 5.43. The maximum absolute atomic E-state index is 12.4. The quantitative estimate of drug-likeness (QED) is 0.391. The second kappa shape index (κ2) is 8.68. The van der Waals surface area contributed by atoms with Crippen LogP contribution in [-0.4, -0.2) is 31.8 Å². The minimum Gasteiger partial charge on any atom is -0.497 e. The molecule has 158 valence electrons. The van der Waals surface area contributed by atoms with Crippen molar-refractivity contribution in [3.63, 3.8) is 0 Å². The summed E-state index contributed by atoms with van der Waals surface area (Å²) in [4.78, 5) is 19.9. The fourth-order valence-corrected chi connectivity index (χ4v) is 4.28. The van der Waals surface area contributed by atoms with Crippen LogP contribution in [0.1, 0.15) is 5.82 Å². The van der Waals surface area contributed by atoms with Gasteiger partial charge in [0.15, 0.2) is 11.0 Å². The molecule has 0 spiro atoms. The maximum atomic E-state index is 12.4. The largest absolute Gasteiger partial charge is 0.497 e. The molecule has 3 aromatic carbocycles. The van der Waals surface area contributed by atoms with Gasteiger partial charge in [0.25, 0.3) is 5.56 Å². The van der Waals surface area contributed by atoms with E-state index in [1.165, 1.54) is 11.8 Å². The van der Waals surface area contributed by atoms with Gasteiger partial charge in [-0.15, -0.1) is 10.2 Å². The highest BCUT2D eigenvalue weighted by Gasteiger charge is 2.17. The van der Waals surface area contributed by atoms with Gasteiger partial charge in [-0.05, 0) is 36.4 Å². The summed E-state index contributed by atoms with van der Waals surface area (Å²) in [5.74, 6) is 2.49. The van der Waals surface area contributed by atoms with E-state index in [0.29, 0.717) is 33.5 Å². The lowest BCUT2D eigenvalue weighted by Crippen LogP contribution is -2.11. The third-order valence-electron chi connectivity index (χ3n) is 4.98. The first-order valence-corrected chi connectivity index (χ1v) is 11.0. The van der Waals surface area contributed by atoms with Crippen molar-refractivity contribution >= 4 is 22.7 Å². The van der Waals surface area contributed by atoms with Crippen LogP contribution < -0.4 is 10.3 Å². The molecule has 0 atom stereocenters. The Hall–Kier alpha value is -3.91. The number of fused-ring (bicyclic) bond motifs is 1. The molecule has 8 heteroatoms. The first kappa shape index (κ1) is 20.0. The SMILES string of the molecule is COc1cccc(-c2nnc(SCc3nc4ccccc4c(=O)[nH]3)n2-c2ccccc2)c1. The highest BCUT2D eigenvalue weighted by atomic mass is 32.2. The Morgan fingerprint density at radius 1 is 0.969 bits per heavy atom. The number of nitrogens with zero attached hydrogens (tertiary/aromatic N) is 4. The first-order chi connectivity index (χ1) is 15.7. The fraction of sp³-hybridized carbons (Fsp3) is 0.0833. The van der Waals surface area contributed by atoms with Gasteiger partial charge >= 0.3 is 0 Å². The van der Waals surface area contributed by atoms with Crippen molar-refractivity contribution in [3.05, 3.63) is 95.0 Å². The Balaban J connectivity index is 1.53.